The molecule has 1 fully saturated rings. The molecule has 0 bridgehead atoms. The van der Waals surface area contributed by atoms with E-state index in [9.17, 15) is 17.6 Å². The highest BCUT2D eigenvalue weighted by molar-refractivity contribution is 5.27. The quantitative estimate of drug-likeness (QED) is 0.871. The molecular formula is C16H18F4N4. The number of nitrogens with zero attached hydrogens (tertiary/aromatic N) is 3. The lowest BCUT2D eigenvalue weighted by atomic mass is 10.1. The van der Waals surface area contributed by atoms with Gasteiger partial charge in [0.1, 0.15) is 11.6 Å². The summed E-state index contributed by atoms with van der Waals surface area (Å²) >= 11 is 0. The van der Waals surface area contributed by atoms with Crippen molar-refractivity contribution in [3.05, 3.63) is 53.4 Å². The van der Waals surface area contributed by atoms with Crippen LogP contribution in [0.1, 0.15) is 23.0 Å². The topological polar surface area (TPSA) is 33.1 Å². The normalized spacial score (nSPS) is 19.6. The number of hydrogen-bond acceptors (Lipinski definition) is 3. The number of halogens is 4. The highest BCUT2D eigenvalue weighted by Gasteiger charge is 2.34. The van der Waals surface area contributed by atoms with Crippen LogP contribution in [0.15, 0.2) is 30.6 Å². The van der Waals surface area contributed by atoms with Crippen LogP contribution in [-0.4, -0.2) is 34.1 Å². The summed E-state index contributed by atoms with van der Waals surface area (Å²) in [5.41, 5.74) is -0.784. The van der Waals surface area contributed by atoms with Gasteiger partial charge in [0.2, 0.25) is 0 Å². The van der Waals surface area contributed by atoms with Gasteiger partial charge in [-0.25, -0.2) is 9.37 Å². The summed E-state index contributed by atoms with van der Waals surface area (Å²) in [5, 5.41) is 3.28. The van der Waals surface area contributed by atoms with E-state index in [4.69, 9.17) is 0 Å². The molecule has 1 saturated heterocycles. The highest BCUT2D eigenvalue weighted by atomic mass is 19.4. The van der Waals surface area contributed by atoms with Crippen molar-refractivity contribution >= 4 is 0 Å². The molecule has 1 aromatic heterocycles. The first kappa shape index (κ1) is 16.9. The van der Waals surface area contributed by atoms with Crippen LogP contribution in [0.25, 0.3) is 0 Å². The predicted octanol–water partition coefficient (Wildman–Crippen LogP) is 2.72. The molecule has 2 heterocycles. The number of hydrogen-bond donors (Lipinski definition) is 1. The Morgan fingerprint density at radius 3 is 2.79 bits per heavy atom. The van der Waals surface area contributed by atoms with Crippen molar-refractivity contribution in [3.63, 3.8) is 0 Å². The molecule has 130 valence electrons. The van der Waals surface area contributed by atoms with E-state index >= 15 is 0 Å². The zero-order chi connectivity index (χ0) is 17.3. The van der Waals surface area contributed by atoms with Gasteiger partial charge < -0.3 is 9.88 Å². The molecule has 0 radical (unpaired) electrons. The fourth-order valence-electron chi connectivity index (χ4n) is 3.01. The number of alkyl halides is 3. The summed E-state index contributed by atoms with van der Waals surface area (Å²) in [4.78, 5) is 6.41. The second-order valence-corrected chi connectivity index (χ2v) is 5.90. The lowest BCUT2D eigenvalue weighted by molar-refractivity contribution is -0.140. The van der Waals surface area contributed by atoms with Crippen LogP contribution in [0.3, 0.4) is 0 Å². The van der Waals surface area contributed by atoms with Gasteiger partial charge in [-0.1, -0.05) is 6.07 Å². The molecule has 0 aliphatic carbocycles. The molecule has 1 aliphatic heterocycles. The first-order valence-corrected chi connectivity index (χ1v) is 7.64. The minimum absolute atomic E-state index is 0.0434. The van der Waals surface area contributed by atoms with Gasteiger partial charge in [0.15, 0.2) is 0 Å². The molecule has 0 spiro atoms. The van der Waals surface area contributed by atoms with Gasteiger partial charge in [0.05, 0.1) is 11.6 Å². The Bertz CT molecular complexity index is 710. The molecule has 3 rings (SSSR count). The SMILES string of the molecule is Cn1ccnc1C1CNCCN1Cc1ccc(F)c(C(F)(F)F)c1. The third-order valence-corrected chi connectivity index (χ3v) is 4.23. The second kappa shape index (κ2) is 6.52. The van der Waals surface area contributed by atoms with E-state index in [-0.39, 0.29) is 6.04 Å². The first-order valence-electron chi connectivity index (χ1n) is 7.64. The maximum Gasteiger partial charge on any atom is 0.419 e. The van der Waals surface area contributed by atoms with Gasteiger partial charge in [-0.3, -0.25) is 4.90 Å². The third kappa shape index (κ3) is 3.44. The molecule has 1 N–H and O–H groups in total. The van der Waals surface area contributed by atoms with Crippen molar-refractivity contribution in [3.8, 4) is 0 Å². The Morgan fingerprint density at radius 2 is 2.12 bits per heavy atom. The van der Waals surface area contributed by atoms with Crippen LogP contribution in [-0.2, 0) is 19.8 Å². The highest BCUT2D eigenvalue weighted by Crippen LogP contribution is 2.32. The Labute approximate surface area is 137 Å². The number of aryl methyl sites for hydroxylation is 1. The second-order valence-electron chi connectivity index (χ2n) is 5.90. The van der Waals surface area contributed by atoms with E-state index in [2.05, 4.69) is 15.2 Å². The predicted molar refractivity (Wildman–Crippen MR) is 80.6 cm³/mol. The minimum Gasteiger partial charge on any atom is -0.337 e. The number of nitrogens with one attached hydrogen (secondary N) is 1. The summed E-state index contributed by atoms with van der Waals surface area (Å²) in [6.07, 6.45) is -1.16. The molecule has 8 heteroatoms. The molecule has 2 aromatic rings. The number of imidazole rings is 1. The van der Waals surface area contributed by atoms with Gasteiger partial charge in [0.25, 0.3) is 0 Å². The van der Waals surface area contributed by atoms with Crippen molar-refractivity contribution < 1.29 is 17.6 Å². The van der Waals surface area contributed by atoms with Crippen molar-refractivity contribution in [2.75, 3.05) is 19.6 Å². The summed E-state index contributed by atoms with van der Waals surface area (Å²) < 4.78 is 54.0. The van der Waals surface area contributed by atoms with Crippen LogP contribution in [0, 0.1) is 5.82 Å². The van der Waals surface area contributed by atoms with Gasteiger partial charge in [-0.15, -0.1) is 0 Å². The average Bonchev–Trinajstić information content (AvgIpc) is 2.95. The third-order valence-electron chi connectivity index (χ3n) is 4.23. The van der Waals surface area contributed by atoms with E-state index in [0.717, 1.165) is 24.5 Å². The number of aromatic nitrogens is 2. The average molecular weight is 342 g/mol. The fraction of sp³-hybridized carbons (Fsp3) is 0.438. The lowest BCUT2D eigenvalue weighted by Crippen LogP contribution is -2.46. The molecule has 0 amide bonds. The molecule has 1 aromatic carbocycles. The van der Waals surface area contributed by atoms with Crippen molar-refractivity contribution in [1.29, 1.82) is 0 Å². The van der Waals surface area contributed by atoms with Gasteiger partial charge in [-0.2, -0.15) is 13.2 Å². The van der Waals surface area contributed by atoms with E-state index < -0.39 is 17.6 Å². The fourth-order valence-corrected chi connectivity index (χ4v) is 3.01. The van der Waals surface area contributed by atoms with Crippen molar-refractivity contribution in [2.45, 2.75) is 18.8 Å². The van der Waals surface area contributed by atoms with Crippen LogP contribution in [0.4, 0.5) is 17.6 Å². The number of piperazine rings is 1. The Hall–Kier alpha value is -1.93. The molecule has 1 atom stereocenters. The number of rotatable bonds is 3. The smallest absolute Gasteiger partial charge is 0.337 e. The zero-order valence-electron chi connectivity index (χ0n) is 13.1. The van der Waals surface area contributed by atoms with Gasteiger partial charge in [-0.05, 0) is 17.7 Å². The van der Waals surface area contributed by atoms with Crippen LogP contribution < -0.4 is 5.32 Å². The van der Waals surface area contributed by atoms with Crippen molar-refractivity contribution in [2.24, 2.45) is 7.05 Å². The van der Waals surface area contributed by atoms with Crippen LogP contribution >= 0.6 is 0 Å². The van der Waals surface area contributed by atoms with E-state index in [1.165, 1.54) is 6.07 Å². The molecule has 0 saturated carbocycles. The summed E-state index contributed by atoms with van der Waals surface area (Å²) in [6, 6.07) is 3.14. The largest absolute Gasteiger partial charge is 0.419 e. The Kier molecular flexibility index (Phi) is 4.60. The Morgan fingerprint density at radius 1 is 1.33 bits per heavy atom. The zero-order valence-corrected chi connectivity index (χ0v) is 13.1. The lowest BCUT2D eigenvalue weighted by Gasteiger charge is -2.35. The first-order chi connectivity index (χ1) is 11.4. The van der Waals surface area contributed by atoms with E-state index in [0.29, 0.717) is 25.2 Å². The maximum atomic E-state index is 13.4. The Balaban J connectivity index is 1.85. The molecule has 24 heavy (non-hydrogen) atoms. The summed E-state index contributed by atoms with van der Waals surface area (Å²) in [5.74, 6) is -0.396. The van der Waals surface area contributed by atoms with Gasteiger partial charge in [0, 0.05) is 45.6 Å². The molecule has 1 unspecified atom stereocenters. The molecule has 1 aliphatic rings. The number of benzene rings is 1. The monoisotopic (exact) mass is 342 g/mol. The van der Waals surface area contributed by atoms with Crippen LogP contribution in [0.2, 0.25) is 0 Å². The minimum atomic E-state index is -4.69. The van der Waals surface area contributed by atoms with Crippen LogP contribution in [0.5, 0.6) is 0 Å². The molecule has 4 nitrogen and oxygen atoms in total. The van der Waals surface area contributed by atoms with E-state index in [1.54, 1.807) is 6.20 Å². The summed E-state index contributed by atoms with van der Waals surface area (Å²) in [6.45, 7) is 2.39. The molecular weight excluding hydrogens is 324 g/mol. The standard InChI is InChI=1S/C16H18F4N4/c1-23-6-5-22-15(23)14-9-21-4-7-24(14)10-11-2-3-13(17)12(8-11)16(18,19)20/h2-3,5-6,8,14,21H,4,7,9-10H2,1H3. The van der Waals surface area contributed by atoms with E-state index in [1.807, 2.05) is 17.8 Å². The maximum absolute atomic E-state index is 13.4. The van der Waals surface area contributed by atoms with Gasteiger partial charge >= 0.3 is 6.18 Å². The summed E-state index contributed by atoms with van der Waals surface area (Å²) in [7, 11) is 1.88. The van der Waals surface area contributed by atoms with Crippen molar-refractivity contribution in [1.82, 2.24) is 19.8 Å².